The standard InChI is InChI=1S/C4H4F2N2O2S/c1-8-2-3(7-4(8)5)11(6,9)10/h2H,1H3. The van der Waals surface area contributed by atoms with Gasteiger partial charge >= 0.3 is 10.2 Å². The van der Waals surface area contributed by atoms with Crippen molar-refractivity contribution in [1.82, 2.24) is 9.55 Å². The summed E-state index contributed by atoms with van der Waals surface area (Å²) in [5.41, 5.74) is 0. The molecule has 1 aromatic heterocycles. The lowest BCUT2D eigenvalue weighted by Crippen LogP contribution is -1.91. The lowest BCUT2D eigenvalue weighted by Gasteiger charge is -1.83. The Kier molecular flexibility index (Phi) is 1.67. The topological polar surface area (TPSA) is 52.0 Å². The maximum Gasteiger partial charge on any atom is 0.351 e. The zero-order valence-corrected chi connectivity index (χ0v) is 6.27. The second-order valence-corrected chi connectivity index (χ2v) is 3.19. The van der Waals surface area contributed by atoms with Crippen molar-refractivity contribution in [3.05, 3.63) is 12.3 Å². The maximum atomic E-state index is 12.3. The Morgan fingerprint density at radius 2 is 2.18 bits per heavy atom. The zero-order chi connectivity index (χ0) is 8.65. The second kappa shape index (κ2) is 2.26. The van der Waals surface area contributed by atoms with Crippen LogP contribution in [0.2, 0.25) is 0 Å². The first kappa shape index (κ1) is 8.12. The van der Waals surface area contributed by atoms with Gasteiger partial charge in [-0.15, -0.1) is 0 Å². The van der Waals surface area contributed by atoms with Crippen LogP contribution in [0, 0.1) is 6.08 Å². The van der Waals surface area contributed by atoms with Crippen LogP contribution in [0.25, 0.3) is 0 Å². The van der Waals surface area contributed by atoms with Crippen LogP contribution in [0.5, 0.6) is 0 Å². The molecule has 0 atom stereocenters. The van der Waals surface area contributed by atoms with E-state index in [9.17, 15) is 16.7 Å². The molecule has 0 aliphatic carbocycles. The van der Waals surface area contributed by atoms with Crippen LogP contribution in [0.3, 0.4) is 0 Å². The van der Waals surface area contributed by atoms with Gasteiger partial charge in [0.2, 0.25) is 5.03 Å². The molecule has 0 radical (unpaired) electrons. The Bertz CT molecular complexity index is 350. The molecule has 4 nitrogen and oxygen atoms in total. The van der Waals surface area contributed by atoms with Crippen molar-refractivity contribution >= 4 is 10.2 Å². The van der Waals surface area contributed by atoms with Crippen LogP contribution in [0.15, 0.2) is 11.2 Å². The molecular weight excluding hydrogens is 178 g/mol. The molecule has 0 N–H and O–H groups in total. The van der Waals surface area contributed by atoms with Gasteiger partial charge in [-0.05, 0) is 0 Å². The second-order valence-electron chi connectivity index (χ2n) is 1.90. The van der Waals surface area contributed by atoms with E-state index in [1.165, 1.54) is 7.05 Å². The van der Waals surface area contributed by atoms with Crippen molar-refractivity contribution in [3.8, 4) is 0 Å². The van der Waals surface area contributed by atoms with E-state index in [0.29, 0.717) is 0 Å². The lowest BCUT2D eigenvalue weighted by molar-refractivity contribution is 0.495. The minimum atomic E-state index is -4.88. The smallest absolute Gasteiger partial charge is 0.309 e. The van der Waals surface area contributed by atoms with Crippen molar-refractivity contribution in [2.24, 2.45) is 7.05 Å². The fourth-order valence-electron chi connectivity index (χ4n) is 0.535. The Balaban J connectivity index is 3.29. The molecule has 0 saturated carbocycles. The van der Waals surface area contributed by atoms with Crippen molar-refractivity contribution in [1.29, 1.82) is 0 Å². The Labute approximate surface area is 61.7 Å². The number of hydrogen-bond donors (Lipinski definition) is 0. The lowest BCUT2D eigenvalue weighted by atomic mass is 10.9. The first-order valence-corrected chi connectivity index (χ1v) is 3.93. The summed E-state index contributed by atoms with van der Waals surface area (Å²) in [6.07, 6.45) is -0.286. The highest BCUT2D eigenvalue weighted by Crippen LogP contribution is 2.09. The van der Waals surface area contributed by atoms with E-state index in [4.69, 9.17) is 0 Å². The summed E-state index contributed by atoms with van der Waals surface area (Å²) in [5, 5.41) is -0.905. The molecular formula is C4H4F2N2O2S. The van der Waals surface area contributed by atoms with Gasteiger partial charge in [0.1, 0.15) is 0 Å². The molecule has 1 rings (SSSR count). The highest BCUT2D eigenvalue weighted by Gasteiger charge is 2.17. The van der Waals surface area contributed by atoms with E-state index in [0.717, 1.165) is 10.8 Å². The summed E-state index contributed by atoms with van der Waals surface area (Å²) in [6.45, 7) is 0. The Morgan fingerprint density at radius 1 is 1.64 bits per heavy atom. The number of nitrogens with zero attached hydrogens (tertiary/aromatic N) is 2. The van der Waals surface area contributed by atoms with Gasteiger partial charge in [0, 0.05) is 13.2 Å². The number of aryl methyl sites for hydroxylation is 1. The van der Waals surface area contributed by atoms with E-state index < -0.39 is 21.3 Å². The van der Waals surface area contributed by atoms with Gasteiger partial charge in [0.05, 0.1) is 0 Å². The molecule has 1 aromatic rings. The molecule has 11 heavy (non-hydrogen) atoms. The number of halogens is 2. The van der Waals surface area contributed by atoms with E-state index >= 15 is 0 Å². The van der Waals surface area contributed by atoms with Gasteiger partial charge in [-0.3, -0.25) is 0 Å². The van der Waals surface area contributed by atoms with Crippen molar-refractivity contribution in [2.45, 2.75) is 5.03 Å². The molecule has 0 spiro atoms. The fraction of sp³-hybridized carbons (Fsp3) is 0.250. The maximum absolute atomic E-state index is 12.3. The fourth-order valence-corrected chi connectivity index (χ4v) is 1.00. The van der Waals surface area contributed by atoms with E-state index in [2.05, 4.69) is 4.98 Å². The van der Waals surface area contributed by atoms with Crippen molar-refractivity contribution in [2.75, 3.05) is 0 Å². The SMILES string of the molecule is Cn1cc(S(=O)(=O)F)nc1F. The minimum absolute atomic E-state index is 0.755. The molecule has 0 saturated heterocycles. The van der Waals surface area contributed by atoms with E-state index in [1.807, 2.05) is 0 Å². The largest absolute Gasteiger partial charge is 0.351 e. The summed E-state index contributed by atoms with van der Waals surface area (Å²) >= 11 is 0. The molecule has 0 unspecified atom stereocenters. The monoisotopic (exact) mass is 182 g/mol. The van der Waals surface area contributed by atoms with Crippen LogP contribution < -0.4 is 0 Å². The summed E-state index contributed by atoms with van der Waals surface area (Å²) < 4.78 is 45.3. The van der Waals surface area contributed by atoms with E-state index in [-0.39, 0.29) is 0 Å². The third kappa shape index (κ3) is 1.53. The van der Waals surface area contributed by atoms with Gasteiger partial charge in [0.15, 0.2) is 0 Å². The van der Waals surface area contributed by atoms with Crippen molar-refractivity contribution < 1.29 is 16.7 Å². The number of aromatic nitrogens is 2. The average molecular weight is 182 g/mol. The highest BCUT2D eigenvalue weighted by atomic mass is 32.3. The molecule has 0 aliphatic heterocycles. The van der Waals surface area contributed by atoms with Crippen LogP contribution >= 0.6 is 0 Å². The minimum Gasteiger partial charge on any atom is -0.309 e. The average Bonchev–Trinajstić information content (AvgIpc) is 2.11. The zero-order valence-electron chi connectivity index (χ0n) is 5.45. The predicted molar refractivity (Wildman–Crippen MR) is 31.5 cm³/mol. The summed E-state index contributed by atoms with van der Waals surface area (Å²) in [6, 6.07) is 0. The molecule has 7 heteroatoms. The highest BCUT2D eigenvalue weighted by molar-refractivity contribution is 7.86. The third-order valence-electron chi connectivity index (χ3n) is 1.05. The summed E-state index contributed by atoms with van der Waals surface area (Å²) in [4.78, 5) is 2.81. The first-order valence-electron chi connectivity index (χ1n) is 2.55. The molecule has 0 fully saturated rings. The molecule has 0 bridgehead atoms. The quantitative estimate of drug-likeness (QED) is 0.583. The number of imidazole rings is 1. The predicted octanol–water partition coefficient (Wildman–Crippen LogP) is 0.217. The molecule has 0 aromatic carbocycles. The third-order valence-corrected chi connectivity index (χ3v) is 1.74. The Hall–Kier alpha value is -0.980. The van der Waals surface area contributed by atoms with Gasteiger partial charge in [-0.2, -0.15) is 17.8 Å². The molecule has 0 aliphatic rings. The van der Waals surface area contributed by atoms with Gasteiger partial charge in [-0.1, -0.05) is 3.89 Å². The first-order chi connectivity index (χ1) is 4.91. The summed E-state index contributed by atoms with van der Waals surface area (Å²) in [7, 11) is -3.66. The van der Waals surface area contributed by atoms with Crippen LogP contribution in [-0.2, 0) is 17.3 Å². The van der Waals surface area contributed by atoms with Crippen LogP contribution in [-0.4, -0.2) is 18.0 Å². The molecule has 62 valence electrons. The van der Waals surface area contributed by atoms with Crippen LogP contribution in [0.1, 0.15) is 0 Å². The Morgan fingerprint density at radius 3 is 2.36 bits per heavy atom. The van der Waals surface area contributed by atoms with Gasteiger partial charge in [-0.25, -0.2) is 0 Å². The molecule has 1 heterocycles. The van der Waals surface area contributed by atoms with Crippen molar-refractivity contribution in [3.63, 3.8) is 0 Å². The number of rotatable bonds is 1. The normalized spacial score (nSPS) is 11.9. The van der Waals surface area contributed by atoms with Gasteiger partial charge < -0.3 is 4.57 Å². The number of hydrogen-bond acceptors (Lipinski definition) is 3. The van der Waals surface area contributed by atoms with E-state index in [1.54, 1.807) is 0 Å². The molecule has 0 amide bonds. The van der Waals surface area contributed by atoms with Crippen LogP contribution in [0.4, 0.5) is 8.28 Å². The summed E-state index contributed by atoms with van der Waals surface area (Å²) in [5.74, 6) is 0. The van der Waals surface area contributed by atoms with Gasteiger partial charge in [0.25, 0.3) is 6.08 Å².